The zero-order valence-corrected chi connectivity index (χ0v) is 13.4. The number of carbonyl (C=O) groups excluding carboxylic acids is 1. The van der Waals surface area contributed by atoms with Crippen LogP contribution in [0.1, 0.15) is 12.8 Å². The molecule has 1 aromatic carbocycles. The summed E-state index contributed by atoms with van der Waals surface area (Å²) in [5.41, 5.74) is 0.750. The molecule has 0 aliphatic carbocycles. The van der Waals surface area contributed by atoms with E-state index in [1.165, 1.54) is 0 Å². The van der Waals surface area contributed by atoms with Crippen LogP contribution in [0.5, 0.6) is 0 Å². The van der Waals surface area contributed by atoms with E-state index in [1.54, 1.807) is 6.07 Å². The molecule has 6 heteroatoms. The van der Waals surface area contributed by atoms with E-state index in [0.29, 0.717) is 29.6 Å². The zero-order chi connectivity index (χ0) is 15.0. The number of nitrogens with zero attached hydrogens (tertiary/aromatic N) is 1. The lowest BCUT2D eigenvalue weighted by Gasteiger charge is -2.11. The van der Waals surface area contributed by atoms with Crippen LogP contribution < -0.4 is 10.6 Å². The number of hydrogen-bond donors (Lipinski definition) is 2. The van der Waals surface area contributed by atoms with E-state index >= 15 is 0 Å². The SMILES string of the molecule is CN(C)CCCNC(=O)CCNc1cccc(Cl)c1Cl. The first kappa shape index (κ1) is 17.1. The van der Waals surface area contributed by atoms with Gasteiger partial charge in [0.05, 0.1) is 15.7 Å². The van der Waals surface area contributed by atoms with Crippen molar-refractivity contribution in [1.29, 1.82) is 0 Å². The Hall–Kier alpha value is -0.970. The van der Waals surface area contributed by atoms with E-state index in [0.717, 1.165) is 18.7 Å². The van der Waals surface area contributed by atoms with Crippen molar-refractivity contribution in [1.82, 2.24) is 10.2 Å². The molecule has 0 aromatic heterocycles. The number of rotatable bonds is 8. The number of hydrogen-bond acceptors (Lipinski definition) is 3. The van der Waals surface area contributed by atoms with E-state index in [9.17, 15) is 4.79 Å². The maximum atomic E-state index is 11.6. The fraction of sp³-hybridized carbons (Fsp3) is 0.500. The summed E-state index contributed by atoms with van der Waals surface area (Å²) in [6.07, 6.45) is 1.36. The molecule has 1 rings (SSSR count). The number of amides is 1. The molecule has 0 unspecified atom stereocenters. The fourth-order valence-electron chi connectivity index (χ4n) is 1.66. The van der Waals surface area contributed by atoms with Gasteiger partial charge in [-0.1, -0.05) is 29.3 Å². The van der Waals surface area contributed by atoms with Gasteiger partial charge in [-0.05, 0) is 39.2 Å². The van der Waals surface area contributed by atoms with Gasteiger partial charge in [-0.3, -0.25) is 4.79 Å². The van der Waals surface area contributed by atoms with Crippen LogP contribution in [0.4, 0.5) is 5.69 Å². The summed E-state index contributed by atoms with van der Waals surface area (Å²) in [7, 11) is 4.03. The molecular formula is C14H21Cl2N3O. The summed E-state index contributed by atoms with van der Waals surface area (Å²) in [6, 6.07) is 5.38. The van der Waals surface area contributed by atoms with E-state index in [4.69, 9.17) is 23.2 Å². The van der Waals surface area contributed by atoms with Gasteiger partial charge >= 0.3 is 0 Å². The molecule has 0 radical (unpaired) electrons. The summed E-state index contributed by atoms with van der Waals surface area (Å²) in [5.74, 6) is 0.0365. The number of carbonyl (C=O) groups is 1. The second-order valence-electron chi connectivity index (χ2n) is 4.78. The van der Waals surface area contributed by atoms with E-state index in [-0.39, 0.29) is 5.91 Å². The van der Waals surface area contributed by atoms with Crippen molar-refractivity contribution in [3.8, 4) is 0 Å². The van der Waals surface area contributed by atoms with Crippen LogP contribution in [0.2, 0.25) is 10.0 Å². The van der Waals surface area contributed by atoms with Crippen molar-refractivity contribution in [3.05, 3.63) is 28.2 Å². The minimum absolute atomic E-state index is 0.0365. The molecule has 1 aromatic rings. The molecule has 0 saturated heterocycles. The van der Waals surface area contributed by atoms with Gasteiger partial charge in [0.25, 0.3) is 0 Å². The Bertz CT molecular complexity index is 438. The highest BCUT2D eigenvalue weighted by molar-refractivity contribution is 6.43. The van der Waals surface area contributed by atoms with Gasteiger partial charge in [0, 0.05) is 19.5 Å². The Morgan fingerprint density at radius 2 is 2.00 bits per heavy atom. The standard InChI is InChI=1S/C14H21Cl2N3O/c1-19(2)10-4-8-18-13(20)7-9-17-12-6-3-5-11(15)14(12)16/h3,5-6,17H,4,7-10H2,1-2H3,(H,18,20). The molecule has 0 atom stereocenters. The average molecular weight is 318 g/mol. The first-order chi connectivity index (χ1) is 9.50. The highest BCUT2D eigenvalue weighted by atomic mass is 35.5. The second kappa shape index (κ2) is 9.06. The minimum Gasteiger partial charge on any atom is -0.383 e. The minimum atomic E-state index is 0.0365. The quantitative estimate of drug-likeness (QED) is 0.725. The highest BCUT2D eigenvalue weighted by Crippen LogP contribution is 2.29. The molecule has 2 N–H and O–H groups in total. The molecule has 4 nitrogen and oxygen atoms in total. The number of nitrogens with one attached hydrogen (secondary N) is 2. The van der Waals surface area contributed by atoms with Gasteiger partial charge in [0.2, 0.25) is 5.91 Å². The average Bonchev–Trinajstić information content (AvgIpc) is 2.39. The normalized spacial score (nSPS) is 10.7. The lowest BCUT2D eigenvalue weighted by Crippen LogP contribution is -2.28. The summed E-state index contributed by atoms with van der Waals surface area (Å²) in [5, 5.41) is 6.98. The van der Waals surface area contributed by atoms with Crippen LogP contribution in [-0.2, 0) is 4.79 Å². The van der Waals surface area contributed by atoms with Crippen molar-refractivity contribution in [3.63, 3.8) is 0 Å². The Kier molecular flexibility index (Phi) is 7.73. The molecule has 0 aliphatic rings. The van der Waals surface area contributed by atoms with Gasteiger partial charge in [0.15, 0.2) is 0 Å². The number of anilines is 1. The van der Waals surface area contributed by atoms with Gasteiger partial charge in [-0.2, -0.15) is 0 Å². The first-order valence-electron chi connectivity index (χ1n) is 6.60. The topological polar surface area (TPSA) is 44.4 Å². The lowest BCUT2D eigenvalue weighted by atomic mass is 10.3. The first-order valence-corrected chi connectivity index (χ1v) is 7.35. The molecule has 0 aliphatic heterocycles. The van der Waals surface area contributed by atoms with E-state index in [2.05, 4.69) is 15.5 Å². The largest absolute Gasteiger partial charge is 0.383 e. The Morgan fingerprint density at radius 1 is 1.25 bits per heavy atom. The molecular weight excluding hydrogens is 297 g/mol. The lowest BCUT2D eigenvalue weighted by molar-refractivity contribution is -0.120. The summed E-state index contributed by atoms with van der Waals surface area (Å²) in [4.78, 5) is 13.7. The van der Waals surface area contributed by atoms with Gasteiger partial charge in [-0.15, -0.1) is 0 Å². The molecule has 0 saturated carbocycles. The zero-order valence-electron chi connectivity index (χ0n) is 11.9. The maximum absolute atomic E-state index is 11.6. The summed E-state index contributed by atoms with van der Waals surface area (Å²) >= 11 is 12.0. The number of benzene rings is 1. The van der Waals surface area contributed by atoms with Gasteiger partial charge in [-0.25, -0.2) is 0 Å². The summed E-state index contributed by atoms with van der Waals surface area (Å²) < 4.78 is 0. The predicted octanol–water partition coefficient (Wildman–Crippen LogP) is 2.86. The van der Waals surface area contributed by atoms with Crippen LogP contribution in [0.25, 0.3) is 0 Å². The highest BCUT2D eigenvalue weighted by Gasteiger charge is 2.05. The predicted molar refractivity (Wildman–Crippen MR) is 85.7 cm³/mol. The van der Waals surface area contributed by atoms with Crippen molar-refractivity contribution >= 4 is 34.8 Å². The van der Waals surface area contributed by atoms with Gasteiger partial charge in [0.1, 0.15) is 0 Å². The van der Waals surface area contributed by atoms with E-state index in [1.807, 2.05) is 26.2 Å². The van der Waals surface area contributed by atoms with Gasteiger partial charge < -0.3 is 15.5 Å². The smallest absolute Gasteiger partial charge is 0.221 e. The van der Waals surface area contributed by atoms with Crippen LogP contribution in [0, 0.1) is 0 Å². The monoisotopic (exact) mass is 317 g/mol. The second-order valence-corrected chi connectivity index (χ2v) is 5.57. The third kappa shape index (κ3) is 6.46. The maximum Gasteiger partial charge on any atom is 0.221 e. The Labute approximate surface area is 130 Å². The van der Waals surface area contributed by atoms with Crippen molar-refractivity contribution in [2.45, 2.75) is 12.8 Å². The summed E-state index contributed by atoms with van der Waals surface area (Å²) in [6.45, 7) is 2.20. The van der Waals surface area contributed by atoms with Crippen LogP contribution in [0.3, 0.4) is 0 Å². The van der Waals surface area contributed by atoms with Crippen LogP contribution in [-0.4, -0.2) is 44.5 Å². The third-order valence-electron chi connectivity index (χ3n) is 2.72. The van der Waals surface area contributed by atoms with Crippen molar-refractivity contribution < 1.29 is 4.79 Å². The molecule has 1 amide bonds. The molecule has 0 bridgehead atoms. The molecule has 112 valence electrons. The fourth-order valence-corrected chi connectivity index (χ4v) is 2.03. The molecule has 0 spiro atoms. The molecule has 0 fully saturated rings. The van der Waals surface area contributed by atoms with Crippen molar-refractivity contribution in [2.75, 3.05) is 39.0 Å². The molecule has 20 heavy (non-hydrogen) atoms. The van der Waals surface area contributed by atoms with E-state index < -0.39 is 0 Å². The number of halogens is 2. The Morgan fingerprint density at radius 3 is 2.70 bits per heavy atom. The van der Waals surface area contributed by atoms with Crippen LogP contribution in [0.15, 0.2) is 18.2 Å². The van der Waals surface area contributed by atoms with Crippen molar-refractivity contribution in [2.24, 2.45) is 0 Å². The van der Waals surface area contributed by atoms with Crippen LogP contribution >= 0.6 is 23.2 Å². The third-order valence-corrected chi connectivity index (χ3v) is 3.54. The molecule has 0 heterocycles. The Balaban J connectivity index is 2.20.